The highest BCUT2D eigenvalue weighted by Gasteiger charge is 2.06. The highest BCUT2D eigenvalue weighted by molar-refractivity contribution is 7.78. The molecule has 2 aromatic carbocycles. The Labute approximate surface area is 102 Å². The largest absolute Gasteiger partial charge is 0.207 e. The summed E-state index contributed by atoms with van der Waals surface area (Å²) in [5, 5.41) is 2.24. The molecule has 1 nitrogen and oxygen atoms in total. The number of benzene rings is 2. The van der Waals surface area contributed by atoms with Crippen LogP contribution in [0.1, 0.15) is 0 Å². The molecule has 0 N–H and O–H groups in total. The lowest BCUT2D eigenvalue weighted by molar-refractivity contribution is 0.603. The van der Waals surface area contributed by atoms with Crippen molar-refractivity contribution in [2.45, 2.75) is 0 Å². The van der Waals surface area contributed by atoms with E-state index in [1.807, 2.05) is 0 Å². The molecule has 0 spiro atoms. The monoisotopic (exact) mass is 247 g/mol. The highest BCUT2D eigenvalue weighted by atomic mass is 32.1. The van der Waals surface area contributed by atoms with Gasteiger partial charge < -0.3 is 0 Å². The minimum Gasteiger partial charge on any atom is -0.207 e. The average molecular weight is 247 g/mol. The fourth-order valence-electron chi connectivity index (χ4n) is 1.49. The van der Waals surface area contributed by atoms with E-state index in [4.69, 9.17) is 0 Å². The van der Waals surface area contributed by atoms with Gasteiger partial charge in [0.25, 0.3) is 0 Å². The molecule has 0 aliphatic heterocycles. The second-order valence-electron chi connectivity index (χ2n) is 3.37. The van der Waals surface area contributed by atoms with Crippen LogP contribution in [0.3, 0.4) is 0 Å². The van der Waals surface area contributed by atoms with Gasteiger partial charge in [0.05, 0.1) is 10.8 Å². The molecule has 0 aromatic heterocycles. The Morgan fingerprint density at radius 1 is 1.00 bits per heavy atom. The maximum atomic E-state index is 13.5. The summed E-state index contributed by atoms with van der Waals surface area (Å²) in [6.07, 6.45) is 0. The number of isothiocyanates is 1. The normalized spacial score (nSPS) is 9.76. The molecule has 0 fully saturated rings. The Kier molecular flexibility index (Phi) is 3.38. The number of nitrogens with zero attached hydrogens (tertiary/aromatic N) is 1. The van der Waals surface area contributed by atoms with Crippen molar-refractivity contribution >= 4 is 23.1 Å². The van der Waals surface area contributed by atoms with Crippen molar-refractivity contribution in [1.29, 1.82) is 0 Å². The van der Waals surface area contributed by atoms with E-state index in [1.54, 1.807) is 24.3 Å². The molecule has 0 saturated carbocycles. The molecule has 0 aliphatic rings. The molecule has 0 bridgehead atoms. The summed E-state index contributed by atoms with van der Waals surface area (Å²) in [6, 6.07) is 9.99. The number of aliphatic imine (C=N–C) groups is 1. The first-order valence-electron chi connectivity index (χ1n) is 4.84. The third-order valence-electron chi connectivity index (χ3n) is 2.28. The van der Waals surface area contributed by atoms with Crippen LogP contribution in [-0.2, 0) is 0 Å². The summed E-state index contributed by atoms with van der Waals surface area (Å²) in [5.41, 5.74) is 1.44. The fourth-order valence-corrected chi connectivity index (χ4v) is 1.59. The first-order valence-corrected chi connectivity index (χ1v) is 5.25. The number of hydrogen-bond acceptors (Lipinski definition) is 2. The van der Waals surface area contributed by atoms with Crippen LogP contribution in [-0.4, -0.2) is 5.16 Å². The summed E-state index contributed by atoms with van der Waals surface area (Å²) in [6.45, 7) is 0. The van der Waals surface area contributed by atoms with Crippen molar-refractivity contribution < 1.29 is 8.78 Å². The SMILES string of the molecule is Fc1ccc(F)c(-c2ccc(N=C=S)cc2)c1. The highest BCUT2D eigenvalue weighted by Crippen LogP contribution is 2.25. The van der Waals surface area contributed by atoms with Crippen LogP contribution in [0.4, 0.5) is 14.5 Å². The van der Waals surface area contributed by atoms with E-state index in [9.17, 15) is 8.78 Å². The topological polar surface area (TPSA) is 12.4 Å². The van der Waals surface area contributed by atoms with Gasteiger partial charge in [-0.3, -0.25) is 0 Å². The van der Waals surface area contributed by atoms with Gasteiger partial charge in [0.1, 0.15) is 11.6 Å². The lowest BCUT2D eigenvalue weighted by Gasteiger charge is -2.03. The van der Waals surface area contributed by atoms with E-state index >= 15 is 0 Å². The van der Waals surface area contributed by atoms with E-state index in [0.29, 0.717) is 11.3 Å². The molecule has 2 rings (SSSR count). The minimum absolute atomic E-state index is 0.225. The average Bonchev–Trinajstić information content (AvgIpc) is 2.34. The number of thiocarbonyl (C=S) groups is 1. The fraction of sp³-hybridized carbons (Fsp3) is 0. The first kappa shape index (κ1) is 11.6. The van der Waals surface area contributed by atoms with Gasteiger partial charge >= 0.3 is 0 Å². The van der Waals surface area contributed by atoms with Crippen LogP contribution >= 0.6 is 12.2 Å². The first-order chi connectivity index (χ1) is 8.20. The van der Waals surface area contributed by atoms with E-state index in [2.05, 4.69) is 22.4 Å². The van der Waals surface area contributed by atoms with Crippen molar-refractivity contribution in [2.75, 3.05) is 0 Å². The zero-order valence-corrected chi connectivity index (χ0v) is 9.47. The van der Waals surface area contributed by atoms with Gasteiger partial charge in [0, 0.05) is 5.56 Å². The predicted molar refractivity (Wildman–Crippen MR) is 66.5 cm³/mol. The molecule has 2 aromatic rings. The quantitative estimate of drug-likeness (QED) is 0.567. The van der Waals surface area contributed by atoms with Crippen LogP contribution in [0.2, 0.25) is 0 Å². The summed E-state index contributed by atoms with van der Waals surface area (Å²) in [4.78, 5) is 3.78. The lowest BCUT2D eigenvalue weighted by atomic mass is 10.0. The molecule has 0 radical (unpaired) electrons. The molecular weight excluding hydrogens is 240 g/mol. The molecule has 0 heterocycles. The maximum Gasteiger partial charge on any atom is 0.131 e. The number of rotatable bonds is 2. The molecule has 0 saturated heterocycles. The Balaban J connectivity index is 2.46. The van der Waals surface area contributed by atoms with Crippen LogP contribution < -0.4 is 0 Å². The van der Waals surface area contributed by atoms with Crippen molar-refractivity contribution in [3.8, 4) is 11.1 Å². The molecule has 17 heavy (non-hydrogen) atoms. The second kappa shape index (κ2) is 4.95. The van der Waals surface area contributed by atoms with E-state index in [-0.39, 0.29) is 5.56 Å². The van der Waals surface area contributed by atoms with Crippen LogP contribution in [0, 0.1) is 11.6 Å². The molecule has 0 atom stereocenters. The summed E-state index contributed by atoms with van der Waals surface area (Å²) in [7, 11) is 0. The molecule has 0 aliphatic carbocycles. The second-order valence-corrected chi connectivity index (χ2v) is 3.56. The molecule has 4 heteroatoms. The van der Waals surface area contributed by atoms with E-state index in [1.165, 1.54) is 0 Å². The standard InChI is InChI=1S/C13H7F2NS/c14-10-3-6-13(15)12(7-10)9-1-4-11(5-2-9)16-8-17/h1-7H. The Hall–Kier alpha value is -1.90. The smallest absolute Gasteiger partial charge is 0.131 e. The third-order valence-corrected chi connectivity index (χ3v) is 2.37. The van der Waals surface area contributed by atoms with Crippen LogP contribution in [0.15, 0.2) is 47.5 Å². The van der Waals surface area contributed by atoms with Gasteiger partial charge in [-0.05, 0) is 48.1 Å². The Morgan fingerprint density at radius 3 is 2.35 bits per heavy atom. The van der Waals surface area contributed by atoms with Gasteiger partial charge in [-0.25, -0.2) is 8.78 Å². The van der Waals surface area contributed by atoms with Crippen molar-refractivity contribution in [2.24, 2.45) is 4.99 Å². The van der Waals surface area contributed by atoms with Crippen molar-refractivity contribution in [3.05, 3.63) is 54.1 Å². The van der Waals surface area contributed by atoms with Gasteiger partial charge in [-0.15, -0.1) is 0 Å². The molecule has 0 unspecified atom stereocenters. The zero-order chi connectivity index (χ0) is 12.3. The predicted octanol–water partition coefficient (Wildman–Crippen LogP) is 4.37. The molecular formula is C13H7F2NS. The van der Waals surface area contributed by atoms with Gasteiger partial charge in [-0.2, -0.15) is 4.99 Å². The van der Waals surface area contributed by atoms with Crippen LogP contribution in [0.5, 0.6) is 0 Å². The molecule has 84 valence electrons. The Morgan fingerprint density at radius 2 is 1.71 bits per heavy atom. The van der Waals surface area contributed by atoms with Crippen LogP contribution in [0.25, 0.3) is 11.1 Å². The lowest BCUT2D eigenvalue weighted by Crippen LogP contribution is -1.85. The van der Waals surface area contributed by atoms with E-state index < -0.39 is 11.6 Å². The number of halogens is 2. The van der Waals surface area contributed by atoms with Crippen molar-refractivity contribution in [3.63, 3.8) is 0 Å². The zero-order valence-electron chi connectivity index (χ0n) is 8.65. The van der Waals surface area contributed by atoms with Gasteiger partial charge in [-0.1, -0.05) is 12.1 Å². The summed E-state index contributed by atoms with van der Waals surface area (Å²) < 4.78 is 26.5. The Bertz CT molecular complexity index is 587. The third kappa shape index (κ3) is 2.61. The van der Waals surface area contributed by atoms with Crippen molar-refractivity contribution in [1.82, 2.24) is 0 Å². The molecule has 0 amide bonds. The number of hydrogen-bond donors (Lipinski definition) is 0. The maximum absolute atomic E-state index is 13.5. The van der Waals surface area contributed by atoms with Gasteiger partial charge in [0.15, 0.2) is 0 Å². The minimum atomic E-state index is -0.470. The summed E-state index contributed by atoms with van der Waals surface area (Å²) in [5.74, 6) is -0.931. The van der Waals surface area contributed by atoms with E-state index in [0.717, 1.165) is 18.2 Å². The van der Waals surface area contributed by atoms with Gasteiger partial charge in [0.2, 0.25) is 0 Å². The summed E-state index contributed by atoms with van der Waals surface area (Å²) >= 11 is 4.47.